The molecule has 3 rings (SSSR count). The molecule has 0 fully saturated rings. The number of hydrogen-bond acceptors (Lipinski definition) is 4. The lowest BCUT2D eigenvalue weighted by Crippen LogP contribution is -2.16. The van der Waals surface area contributed by atoms with E-state index in [4.69, 9.17) is 4.74 Å². The maximum Gasteiger partial charge on any atom is 0.230 e. The van der Waals surface area contributed by atoms with E-state index >= 15 is 0 Å². The molecule has 0 radical (unpaired) electrons. The average Bonchev–Trinajstić information content (AvgIpc) is 3.08. The van der Waals surface area contributed by atoms with Crippen molar-refractivity contribution in [2.45, 2.75) is 39.2 Å². The lowest BCUT2D eigenvalue weighted by Gasteiger charge is -2.19. The fraction of sp³-hybridized carbons (Fsp3) is 0.318. The molecule has 1 amide bonds. The molecule has 0 saturated carbocycles. The Labute approximate surface area is 169 Å². The number of nitrogens with zero attached hydrogens (tertiary/aromatic N) is 3. The quantitative estimate of drug-likeness (QED) is 0.685. The van der Waals surface area contributed by atoms with Gasteiger partial charge in [-0.3, -0.25) is 4.79 Å². The molecule has 2 aromatic carbocycles. The summed E-state index contributed by atoms with van der Waals surface area (Å²) in [6, 6.07) is 12.7. The molecule has 6 nitrogen and oxygen atoms in total. The Hall–Kier alpha value is -3.22. The SMILES string of the molecule is COc1ccc(Cn2ncc(NC(=O)Cc3ccc(C(C)(C)C)cc3)n2)cc1F. The number of carbonyl (C=O) groups excluding carboxylic acids is 1. The van der Waals surface area contributed by atoms with Gasteiger partial charge in [-0.25, -0.2) is 4.39 Å². The highest BCUT2D eigenvalue weighted by Gasteiger charge is 2.14. The minimum atomic E-state index is -0.442. The van der Waals surface area contributed by atoms with Crippen molar-refractivity contribution in [3.8, 4) is 5.75 Å². The van der Waals surface area contributed by atoms with Gasteiger partial charge >= 0.3 is 0 Å². The first-order chi connectivity index (χ1) is 13.7. The molecule has 1 heterocycles. The first-order valence-corrected chi connectivity index (χ1v) is 9.36. The molecule has 7 heteroatoms. The van der Waals surface area contributed by atoms with Crippen LogP contribution in [0, 0.1) is 5.82 Å². The smallest absolute Gasteiger partial charge is 0.230 e. The van der Waals surface area contributed by atoms with Gasteiger partial charge in [-0.05, 0) is 34.2 Å². The molecule has 0 saturated heterocycles. The molecule has 0 bridgehead atoms. The molecule has 1 aromatic heterocycles. The Balaban J connectivity index is 1.58. The zero-order chi connectivity index (χ0) is 21.0. The van der Waals surface area contributed by atoms with Gasteiger partial charge in [-0.15, -0.1) is 5.10 Å². The van der Waals surface area contributed by atoms with E-state index in [1.165, 1.54) is 29.7 Å². The second kappa shape index (κ2) is 8.43. The number of aromatic nitrogens is 3. The van der Waals surface area contributed by atoms with Crippen LogP contribution in [-0.2, 0) is 23.2 Å². The van der Waals surface area contributed by atoms with E-state index in [9.17, 15) is 9.18 Å². The van der Waals surface area contributed by atoms with Crippen LogP contribution in [0.4, 0.5) is 10.2 Å². The molecule has 0 aliphatic rings. The van der Waals surface area contributed by atoms with Crippen LogP contribution in [0.2, 0.25) is 0 Å². The van der Waals surface area contributed by atoms with Crippen LogP contribution in [0.1, 0.15) is 37.5 Å². The molecule has 3 aromatic rings. The fourth-order valence-electron chi connectivity index (χ4n) is 2.90. The van der Waals surface area contributed by atoms with Crippen molar-refractivity contribution in [2.75, 3.05) is 12.4 Å². The van der Waals surface area contributed by atoms with Crippen molar-refractivity contribution in [3.05, 3.63) is 71.2 Å². The van der Waals surface area contributed by atoms with Gasteiger partial charge in [0, 0.05) is 0 Å². The number of methoxy groups -OCH3 is 1. The lowest BCUT2D eigenvalue weighted by molar-refractivity contribution is -0.115. The van der Waals surface area contributed by atoms with Gasteiger partial charge in [-0.2, -0.15) is 9.90 Å². The van der Waals surface area contributed by atoms with Crippen LogP contribution in [0.25, 0.3) is 0 Å². The van der Waals surface area contributed by atoms with Crippen LogP contribution in [0.15, 0.2) is 48.7 Å². The Morgan fingerprint density at radius 3 is 2.45 bits per heavy atom. The summed E-state index contributed by atoms with van der Waals surface area (Å²) in [6.45, 7) is 6.74. The molecule has 0 unspecified atom stereocenters. The Morgan fingerprint density at radius 2 is 1.83 bits per heavy atom. The average molecular weight is 396 g/mol. The van der Waals surface area contributed by atoms with Gasteiger partial charge in [0.2, 0.25) is 5.91 Å². The molecule has 29 heavy (non-hydrogen) atoms. The van der Waals surface area contributed by atoms with Crippen molar-refractivity contribution < 1.29 is 13.9 Å². The van der Waals surface area contributed by atoms with Gasteiger partial charge in [0.25, 0.3) is 0 Å². The summed E-state index contributed by atoms with van der Waals surface area (Å²) in [6.07, 6.45) is 1.72. The van der Waals surface area contributed by atoms with Crippen molar-refractivity contribution >= 4 is 11.7 Å². The minimum absolute atomic E-state index is 0.0755. The number of anilines is 1. The zero-order valence-corrected chi connectivity index (χ0v) is 17.1. The largest absolute Gasteiger partial charge is 0.494 e. The summed E-state index contributed by atoms with van der Waals surface area (Å²) in [7, 11) is 1.42. The predicted octanol–water partition coefficient (Wildman–Crippen LogP) is 3.95. The van der Waals surface area contributed by atoms with Gasteiger partial charge in [-0.1, -0.05) is 51.1 Å². The van der Waals surface area contributed by atoms with Crippen LogP contribution in [-0.4, -0.2) is 28.0 Å². The van der Waals surface area contributed by atoms with E-state index in [0.717, 1.165) is 5.56 Å². The highest BCUT2D eigenvalue weighted by Crippen LogP contribution is 2.22. The van der Waals surface area contributed by atoms with E-state index in [1.807, 2.05) is 24.3 Å². The third-order valence-corrected chi connectivity index (χ3v) is 4.53. The van der Waals surface area contributed by atoms with Crippen LogP contribution in [0.5, 0.6) is 5.75 Å². The van der Waals surface area contributed by atoms with Gasteiger partial charge in [0.15, 0.2) is 17.4 Å². The zero-order valence-electron chi connectivity index (χ0n) is 17.1. The van der Waals surface area contributed by atoms with Crippen LogP contribution >= 0.6 is 0 Å². The number of halogens is 1. The molecule has 0 aliphatic carbocycles. The number of nitrogens with one attached hydrogen (secondary N) is 1. The maximum atomic E-state index is 13.8. The summed E-state index contributed by atoms with van der Waals surface area (Å²) >= 11 is 0. The normalized spacial score (nSPS) is 11.3. The van der Waals surface area contributed by atoms with Crippen molar-refractivity contribution in [1.82, 2.24) is 15.0 Å². The molecule has 1 N–H and O–H groups in total. The second-order valence-corrected chi connectivity index (χ2v) is 7.90. The predicted molar refractivity (Wildman–Crippen MR) is 110 cm³/mol. The van der Waals surface area contributed by atoms with E-state index in [-0.39, 0.29) is 30.0 Å². The van der Waals surface area contributed by atoms with E-state index < -0.39 is 5.82 Å². The third kappa shape index (κ3) is 5.40. The number of benzene rings is 2. The first-order valence-electron chi connectivity index (χ1n) is 9.36. The monoisotopic (exact) mass is 396 g/mol. The maximum absolute atomic E-state index is 13.8. The summed E-state index contributed by atoms with van der Waals surface area (Å²) in [5.41, 5.74) is 2.92. The molecule has 0 atom stereocenters. The molecule has 0 aliphatic heterocycles. The van der Waals surface area contributed by atoms with Crippen molar-refractivity contribution in [3.63, 3.8) is 0 Å². The summed E-state index contributed by atoms with van der Waals surface area (Å²) in [5.74, 6) is -0.0693. The van der Waals surface area contributed by atoms with E-state index in [2.05, 4.69) is 36.3 Å². The highest BCUT2D eigenvalue weighted by atomic mass is 19.1. The van der Waals surface area contributed by atoms with E-state index in [0.29, 0.717) is 11.4 Å². The van der Waals surface area contributed by atoms with Gasteiger partial charge in [0.1, 0.15) is 0 Å². The van der Waals surface area contributed by atoms with E-state index in [1.54, 1.807) is 12.1 Å². The van der Waals surface area contributed by atoms with Crippen LogP contribution in [0.3, 0.4) is 0 Å². The van der Waals surface area contributed by atoms with Crippen molar-refractivity contribution in [2.24, 2.45) is 0 Å². The first kappa shape index (κ1) is 20.5. The molecule has 152 valence electrons. The van der Waals surface area contributed by atoms with Crippen molar-refractivity contribution in [1.29, 1.82) is 0 Å². The van der Waals surface area contributed by atoms with Gasteiger partial charge < -0.3 is 10.1 Å². The molecule has 0 spiro atoms. The van der Waals surface area contributed by atoms with Crippen LogP contribution < -0.4 is 10.1 Å². The highest BCUT2D eigenvalue weighted by molar-refractivity contribution is 5.91. The Morgan fingerprint density at radius 1 is 1.14 bits per heavy atom. The standard InChI is InChI=1S/C22H25FN4O2/c1-22(2,3)17-8-5-15(6-9-17)12-21(28)25-20-13-24-27(26-20)14-16-7-10-19(29-4)18(23)11-16/h5-11,13H,12,14H2,1-4H3,(H,25,26,28). The number of hydrogen-bond donors (Lipinski definition) is 1. The lowest BCUT2D eigenvalue weighted by atomic mass is 9.86. The third-order valence-electron chi connectivity index (χ3n) is 4.53. The Kier molecular flexibility index (Phi) is 5.96. The topological polar surface area (TPSA) is 69.0 Å². The fourth-order valence-corrected chi connectivity index (χ4v) is 2.90. The molecular weight excluding hydrogens is 371 g/mol. The number of rotatable bonds is 6. The number of amides is 1. The number of ether oxygens (including phenoxy) is 1. The Bertz CT molecular complexity index is 991. The number of carbonyl (C=O) groups is 1. The molecular formula is C22H25FN4O2. The second-order valence-electron chi connectivity index (χ2n) is 7.90. The van der Waals surface area contributed by atoms with Gasteiger partial charge in [0.05, 0.1) is 26.3 Å². The summed E-state index contributed by atoms with van der Waals surface area (Å²) < 4.78 is 18.7. The minimum Gasteiger partial charge on any atom is -0.494 e. The summed E-state index contributed by atoms with van der Waals surface area (Å²) in [5, 5.41) is 11.1. The summed E-state index contributed by atoms with van der Waals surface area (Å²) in [4.78, 5) is 13.7.